The Morgan fingerprint density at radius 1 is 1.35 bits per heavy atom. The van der Waals surface area contributed by atoms with Crippen LogP contribution in [0.4, 0.5) is 0 Å². The smallest absolute Gasteiger partial charge is 0.152 e. The van der Waals surface area contributed by atoms with Gasteiger partial charge in [0.05, 0.1) is 12.6 Å². The van der Waals surface area contributed by atoms with E-state index in [0.29, 0.717) is 11.8 Å². The predicted molar refractivity (Wildman–Crippen MR) is 68.2 cm³/mol. The normalized spacial score (nSPS) is 29.0. The number of aromatic nitrogens is 3. The van der Waals surface area contributed by atoms with E-state index in [1.807, 2.05) is 4.68 Å². The Kier molecular flexibility index (Phi) is 3.38. The number of aryl methyl sites for hydroxylation is 1. The Balaban J connectivity index is 1.67. The molecule has 0 amide bonds. The number of rotatable bonds is 2. The first kappa shape index (κ1) is 11.5. The van der Waals surface area contributed by atoms with Crippen molar-refractivity contribution in [3.8, 4) is 0 Å². The SMILES string of the molecule is OC1CCc2nc(CC3CCCCS3)nn2C1. The lowest BCUT2D eigenvalue weighted by Crippen LogP contribution is -2.25. The van der Waals surface area contributed by atoms with Gasteiger partial charge in [-0.2, -0.15) is 16.9 Å². The molecule has 1 aromatic heterocycles. The molecule has 3 rings (SSSR count). The zero-order valence-corrected chi connectivity index (χ0v) is 10.8. The van der Waals surface area contributed by atoms with E-state index in [9.17, 15) is 5.11 Å². The van der Waals surface area contributed by atoms with Crippen molar-refractivity contribution in [3.63, 3.8) is 0 Å². The van der Waals surface area contributed by atoms with E-state index in [-0.39, 0.29) is 6.10 Å². The molecule has 2 aliphatic heterocycles. The maximum Gasteiger partial charge on any atom is 0.152 e. The van der Waals surface area contributed by atoms with Crippen molar-refractivity contribution >= 4 is 11.8 Å². The quantitative estimate of drug-likeness (QED) is 0.866. The highest BCUT2D eigenvalue weighted by Crippen LogP contribution is 2.27. The second kappa shape index (κ2) is 4.98. The van der Waals surface area contributed by atoms with Crippen LogP contribution in [-0.2, 0) is 19.4 Å². The summed E-state index contributed by atoms with van der Waals surface area (Å²) in [5, 5.41) is 14.8. The highest BCUT2D eigenvalue weighted by Gasteiger charge is 2.22. The summed E-state index contributed by atoms with van der Waals surface area (Å²) in [6, 6.07) is 0. The second-order valence-electron chi connectivity index (χ2n) is 5.01. The van der Waals surface area contributed by atoms with Gasteiger partial charge in [0, 0.05) is 18.1 Å². The van der Waals surface area contributed by atoms with Gasteiger partial charge in [-0.1, -0.05) is 6.42 Å². The van der Waals surface area contributed by atoms with Crippen LogP contribution in [0, 0.1) is 0 Å². The Bertz CT molecular complexity index is 387. The van der Waals surface area contributed by atoms with E-state index in [2.05, 4.69) is 21.8 Å². The summed E-state index contributed by atoms with van der Waals surface area (Å²) < 4.78 is 1.90. The second-order valence-corrected chi connectivity index (χ2v) is 6.42. The number of aliphatic hydroxyl groups is 1. The molecule has 4 nitrogen and oxygen atoms in total. The van der Waals surface area contributed by atoms with E-state index in [0.717, 1.165) is 30.9 Å². The molecular weight excluding hydrogens is 234 g/mol. The minimum atomic E-state index is -0.235. The summed E-state index contributed by atoms with van der Waals surface area (Å²) in [6.45, 7) is 0.625. The predicted octanol–water partition coefficient (Wildman–Crippen LogP) is 1.41. The van der Waals surface area contributed by atoms with Crippen molar-refractivity contribution in [1.82, 2.24) is 14.8 Å². The van der Waals surface area contributed by atoms with Crippen molar-refractivity contribution in [3.05, 3.63) is 11.6 Å². The van der Waals surface area contributed by atoms with Crippen LogP contribution < -0.4 is 0 Å². The third kappa shape index (κ3) is 2.65. The average Bonchev–Trinajstić information content (AvgIpc) is 2.71. The third-order valence-electron chi connectivity index (χ3n) is 3.56. The van der Waals surface area contributed by atoms with Crippen LogP contribution in [0.15, 0.2) is 0 Å². The van der Waals surface area contributed by atoms with Crippen molar-refractivity contribution in [2.75, 3.05) is 5.75 Å². The Hall–Kier alpha value is -0.550. The summed E-state index contributed by atoms with van der Waals surface area (Å²) in [4.78, 5) is 4.61. The van der Waals surface area contributed by atoms with E-state index in [1.54, 1.807) is 0 Å². The summed E-state index contributed by atoms with van der Waals surface area (Å²) in [5.41, 5.74) is 0. The maximum absolute atomic E-state index is 9.59. The standard InChI is InChI=1S/C12H19N3OS/c16-9-4-5-12-13-11(14-15(12)8-9)7-10-3-1-2-6-17-10/h9-10,16H,1-8H2. The van der Waals surface area contributed by atoms with Crippen LogP contribution in [-0.4, -0.2) is 37.0 Å². The van der Waals surface area contributed by atoms with E-state index < -0.39 is 0 Å². The van der Waals surface area contributed by atoms with Crippen LogP contribution >= 0.6 is 11.8 Å². The first-order valence-corrected chi connectivity index (χ1v) is 7.58. The molecule has 94 valence electrons. The summed E-state index contributed by atoms with van der Waals surface area (Å²) in [6.07, 6.45) is 6.48. The van der Waals surface area contributed by atoms with Gasteiger partial charge in [-0.3, -0.25) is 0 Å². The minimum absolute atomic E-state index is 0.235. The van der Waals surface area contributed by atoms with Gasteiger partial charge in [-0.05, 0) is 25.0 Å². The van der Waals surface area contributed by atoms with Crippen LogP contribution in [0.3, 0.4) is 0 Å². The fourth-order valence-corrected chi connectivity index (χ4v) is 3.91. The number of hydrogen-bond donors (Lipinski definition) is 1. The molecule has 0 spiro atoms. The molecule has 0 radical (unpaired) electrons. The van der Waals surface area contributed by atoms with Gasteiger partial charge >= 0.3 is 0 Å². The first-order chi connectivity index (χ1) is 8.31. The van der Waals surface area contributed by atoms with Crippen molar-refractivity contribution in [2.24, 2.45) is 0 Å². The monoisotopic (exact) mass is 253 g/mol. The number of fused-ring (bicyclic) bond motifs is 1. The Morgan fingerprint density at radius 3 is 3.12 bits per heavy atom. The molecule has 1 N–H and O–H groups in total. The first-order valence-electron chi connectivity index (χ1n) is 6.53. The lowest BCUT2D eigenvalue weighted by Gasteiger charge is -2.19. The van der Waals surface area contributed by atoms with Crippen molar-refractivity contribution in [2.45, 2.75) is 56.4 Å². The van der Waals surface area contributed by atoms with E-state index >= 15 is 0 Å². The zero-order chi connectivity index (χ0) is 11.7. The van der Waals surface area contributed by atoms with Gasteiger partial charge in [0.15, 0.2) is 5.82 Å². The van der Waals surface area contributed by atoms with Crippen molar-refractivity contribution in [1.29, 1.82) is 0 Å². The summed E-state index contributed by atoms with van der Waals surface area (Å²) in [7, 11) is 0. The molecule has 0 aliphatic carbocycles. The fourth-order valence-electron chi connectivity index (χ4n) is 2.60. The molecule has 5 heteroatoms. The van der Waals surface area contributed by atoms with Crippen LogP contribution in [0.2, 0.25) is 0 Å². The van der Waals surface area contributed by atoms with Crippen LogP contribution in [0.1, 0.15) is 37.3 Å². The van der Waals surface area contributed by atoms with Crippen molar-refractivity contribution < 1.29 is 5.11 Å². The molecule has 17 heavy (non-hydrogen) atoms. The lowest BCUT2D eigenvalue weighted by atomic mass is 10.1. The molecular formula is C12H19N3OS. The van der Waals surface area contributed by atoms with Gasteiger partial charge in [0.25, 0.3) is 0 Å². The molecule has 0 bridgehead atoms. The number of aliphatic hydroxyl groups excluding tert-OH is 1. The topological polar surface area (TPSA) is 50.9 Å². The molecule has 2 atom stereocenters. The third-order valence-corrected chi connectivity index (χ3v) is 4.96. The number of thioether (sulfide) groups is 1. The largest absolute Gasteiger partial charge is 0.391 e. The molecule has 0 saturated carbocycles. The summed E-state index contributed by atoms with van der Waals surface area (Å²) in [5.74, 6) is 3.33. The fraction of sp³-hybridized carbons (Fsp3) is 0.833. The van der Waals surface area contributed by atoms with Gasteiger partial charge < -0.3 is 5.11 Å². The molecule has 0 aromatic carbocycles. The lowest BCUT2D eigenvalue weighted by molar-refractivity contribution is 0.124. The highest BCUT2D eigenvalue weighted by molar-refractivity contribution is 7.99. The van der Waals surface area contributed by atoms with E-state index in [4.69, 9.17) is 0 Å². The van der Waals surface area contributed by atoms with Gasteiger partial charge in [0.1, 0.15) is 5.82 Å². The molecule has 2 unspecified atom stereocenters. The van der Waals surface area contributed by atoms with E-state index in [1.165, 1.54) is 25.0 Å². The summed E-state index contributed by atoms with van der Waals surface area (Å²) >= 11 is 2.07. The van der Waals surface area contributed by atoms with Gasteiger partial charge in [-0.15, -0.1) is 0 Å². The van der Waals surface area contributed by atoms with Crippen LogP contribution in [0.5, 0.6) is 0 Å². The Labute approximate surface area is 106 Å². The van der Waals surface area contributed by atoms with Gasteiger partial charge in [-0.25, -0.2) is 9.67 Å². The molecule has 2 aliphatic rings. The van der Waals surface area contributed by atoms with Gasteiger partial charge in [0.2, 0.25) is 0 Å². The molecule has 1 fully saturated rings. The average molecular weight is 253 g/mol. The maximum atomic E-state index is 9.59. The minimum Gasteiger partial charge on any atom is -0.391 e. The Morgan fingerprint density at radius 2 is 2.29 bits per heavy atom. The zero-order valence-electron chi connectivity index (χ0n) is 10.0. The van der Waals surface area contributed by atoms with Crippen LogP contribution in [0.25, 0.3) is 0 Å². The highest BCUT2D eigenvalue weighted by atomic mass is 32.2. The molecule has 1 saturated heterocycles. The number of hydrogen-bond acceptors (Lipinski definition) is 4. The number of nitrogens with zero attached hydrogens (tertiary/aromatic N) is 3. The molecule has 1 aromatic rings. The molecule has 3 heterocycles.